The van der Waals surface area contributed by atoms with E-state index < -0.39 is 5.60 Å². The van der Waals surface area contributed by atoms with Gasteiger partial charge in [-0.25, -0.2) is 0 Å². The summed E-state index contributed by atoms with van der Waals surface area (Å²) in [6.07, 6.45) is 5.34. The van der Waals surface area contributed by atoms with Crippen LogP contribution < -0.4 is 0 Å². The van der Waals surface area contributed by atoms with Gasteiger partial charge in [-0.3, -0.25) is 0 Å². The predicted molar refractivity (Wildman–Crippen MR) is 50.1 cm³/mol. The minimum atomic E-state index is -0.772. The molecule has 0 saturated heterocycles. The third-order valence-corrected chi connectivity index (χ3v) is 2.43. The van der Waals surface area contributed by atoms with Crippen LogP contribution in [-0.4, -0.2) is 10.7 Å². The first-order valence-corrected chi connectivity index (χ1v) is 3.69. The Morgan fingerprint density at radius 2 is 2.18 bits per heavy atom. The van der Waals surface area contributed by atoms with E-state index in [1.165, 1.54) is 0 Å². The maximum absolute atomic E-state index is 9.60. The molecule has 2 unspecified atom stereocenters. The van der Waals surface area contributed by atoms with Gasteiger partial charge in [-0.1, -0.05) is 30.7 Å². The maximum atomic E-state index is 9.60. The molecule has 1 rings (SSSR count). The molecule has 0 fully saturated rings. The van der Waals surface area contributed by atoms with Gasteiger partial charge >= 0.3 is 0 Å². The summed E-state index contributed by atoms with van der Waals surface area (Å²) >= 11 is 5.80. The van der Waals surface area contributed by atoms with Gasteiger partial charge in [-0.05, 0) is 13.0 Å². The van der Waals surface area contributed by atoms with Gasteiger partial charge in [0.2, 0.25) is 0 Å². The van der Waals surface area contributed by atoms with Crippen molar-refractivity contribution >= 4 is 24.0 Å². The lowest BCUT2D eigenvalue weighted by Crippen LogP contribution is -2.31. The molecule has 0 spiro atoms. The van der Waals surface area contributed by atoms with Gasteiger partial charge in [-0.15, -0.1) is 12.4 Å². The Hall–Kier alpha value is 0.0200. The van der Waals surface area contributed by atoms with E-state index in [9.17, 15) is 5.11 Å². The molecule has 0 aromatic carbocycles. The molecule has 0 amide bonds. The molecule has 1 N–H and O–H groups in total. The highest BCUT2D eigenvalue weighted by Gasteiger charge is 2.29. The molecular weight excluding hydrogens is 183 g/mol. The molecule has 1 aliphatic carbocycles. The van der Waals surface area contributed by atoms with Crippen molar-refractivity contribution in [2.45, 2.75) is 19.4 Å². The monoisotopic (exact) mass is 194 g/mol. The van der Waals surface area contributed by atoms with E-state index in [-0.39, 0.29) is 18.3 Å². The van der Waals surface area contributed by atoms with Crippen LogP contribution in [0.2, 0.25) is 0 Å². The minimum Gasteiger partial charge on any atom is -0.385 e. The molecule has 0 aliphatic heterocycles. The van der Waals surface area contributed by atoms with Crippen LogP contribution >= 0.6 is 24.0 Å². The summed E-state index contributed by atoms with van der Waals surface area (Å²) in [6.45, 7) is 3.66. The SMILES string of the molecule is CC1C(Cl)=CC=CC1(C)O.Cl. The number of halogens is 2. The normalized spacial score (nSPS) is 36.0. The lowest BCUT2D eigenvalue weighted by Gasteiger charge is -2.28. The first-order chi connectivity index (χ1) is 4.54. The summed E-state index contributed by atoms with van der Waals surface area (Å²) in [4.78, 5) is 0. The molecule has 64 valence electrons. The van der Waals surface area contributed by atoms with Gasteiger partial charge < -0.3 is 5.11 Å². The second-order valence-electron chi connectivity index (χ2n) is 2.86. The van der Waals surface area contributed by atoms with E-state index >= 15 is 0 Å². The van der Waals surface area contributed by atoms with E-state index in [2.05, 4.69) is 0 Å². The average Bonchev–Trinajstić information content (AvgIpc) is 1.83. The smallest absolute Gasteiger partial charge is 0.0876 e. The van der Waals surface area contributed by atoms with Crippen molar-refractivity contribution < 1.29 is 5.11 Å². The Balaban J connectivity index is 0.000001000. The van der Waals surface area contributed by atoms with Crippen LogP contribution in [0, 0.1) is 5.92 Å². The fourth-order valence-electron chi connectivity index (χ4n) is 0.903. The van der Waals surface area contributed by atoms with Gasteiger partial charge in [0.05, 0.1) is 5.60 Å². The zero-order valence-corrected chi connectivity index (χ0v) is 8.12. The van der Waals surface area contributed by atoms with Gasteiger partial charge in [0.15, 0.2) is 0 Å². The Morgan fingerprint density at radius 3 is 2.55 bits per heavy atom. The van der Waals surface area contributed by atoms with Crippen molar-refractivity contribution in [1.82, 2.24) is 0 Å². The average molecular weight is 195 g/mol. The second-order valence-corrected chi connectivity index (χ2v) is 3.29. The van der Waals surface area contributed by atoms with E-state index in [0.717, 1.165) is 0 Å². The van der Waals surface area contributed by atoms with E-state index in [1.54, 1.807) is 19.1 Å². The van der Waals surface area contributed by atoms with Crippen molar-refractivity contribution in [1.29, 1.82) is 0 Å². The predicted octanol–water partition coefficient (Wildman–Crippen LogP) is 2.49. The van der Waals surface area contributed by atoms with Crippen molar-refractivity contribution in [2.24, 2.45) is 5.92 Å². The first-order valence-electron chi connectivity index (χ1n) is 3.31. The van der Waals surface area contributed by atoms with Crippen LogP contribution in [0.4, 0.5) is 0 Å². The fourth-order valence-corrected chi connectivity index (χ4v) is 1.20. The third kappa shape index (κ3) is 2.22. The van der Waals surface area contributed by atoms with Gasteiger partial charge in [0.1, 0.15) is 0 Å². The van der Waals surface area contributed by atoms with Crippen LogP contribution in [0.25, 0.3) is 0 Å². The molecule has 0 heterocycles. The molecule has 1 aliphatic rings. The molecule has 0 aromatic rings. The van der Waals surface area contributed by atoms with Gasteiger partial charge in [0.25, 0.3) is 0 Å². The van der Waals surface area contributed by atoms with Crippen LogP contribution in [0.5, 0.6) is 0 Å². The molecule has 0 aromatic heterocycles. The first kappa shape index (κ1) is 11.0. The molecule has 1 nitrogen and oxygen atoms in total. The maximum Gasteiger partial charge on any atom is 0.0876 e. The van der Waals surface area contributed by atoms with Crippen molar-refractivity contribution in [2.75, 3.05) is 0 Å². The van der Waals surface area contributed by atoms with Crippen molar-refractivity contribution in [3.05, 3.63) is 23.3 Å². The Morgan fingerprint density at radius 1 is 1.64 bits per heavy atom. The molecule has 0 bridgehead atoms. The van der Waals surface area contributed by atoms with Crippen molar-refractivity contribution in [3.63, 3.8) is 0 Å². The largest absolute Gasteiger partial charge is 0.385 e. The van der Waals surface area contributed by atoms with Crippen LogP contribution in [-0.2, 0) is 0 Å². The summed E-state index contributed by atoms with van der Waals surface area (Å²) in [7, 11) is 0. The van der Waals surface area contributed by atoms with Crippen LogP contribution in [0.3, 0.4) is 0 Å². The highest BCUT2D eigenvalue weighted by molar-refractivity contribution is 6.30. The quantitative estimate of drug-likeness (QED) is 0.629. The summed E-state index contributed by atoms with van der Waals surface area (Å²) < 4.78 is 0. The van der Waals surface area contributed by atoms with Gasteiger partial charge in [-0.2, -0.15) is 0 Å². The Labute approximate surface area is 78.2 Å². The minimum absolute atomic E-state index is 0. The standard InChI is InChI=1S/C8H11ClO.ClH/c1-6-7(9)4-3-5-8(6,2)10;/h3-6,10H,1-2H3;1H. The topological polar surface area (TPSA) is 20.2 Å². The van der Waals surface area contributed by atoms with E-state index in [1.807, 2.05) is 13.0 Å². The van der Waals surface area contributed by atoms with E-state index in [0.29, 0.717) is 5.03 Å². The van der Waals surface area contributed by atoms with Crippen LogP contribution in [0.15, 0.2) is 23.3 Å². The number of hydrogen-bond acceptors (Lipinski definition) is 1. The molecule has 0 radical (unpaired) electrons. The molecule has 3 heteroatoms. The lowest BCUT2D eigenvalue weighted by molar-refractivity contribution is 0.0711. The molecular formula is C8H12Cl2O. The Bertz CT molecular complexity index is 194. The highest BCUT2D eigenvalue weighted by Crippen LogP contribution is 2.31. The molecule has 0 saturated carbocycles. The summed E-state index contributed by atoms with van der Waals surface area (Å²) in [5.41, 5.74) is -0.772. The molecule has 2 atom stereocenters. The van der Waals surface area contributed by atoms with E-state index in [4.69, 9.17) is 11.6 Å². The lowest BCUT2D eigenvalue weighted by atomic mass is 9.87. The summed E-state index contributed by atoms with van der Waals surface area (Å²) in [6, 6.07) is 0. The van der Waals surface area contributed by atoms with Crippen LogP contribution in [0.1, 0.15) is 13.8 Å². The van der Waals surface area contributed by atoms with Gasteiger partial charge in [0, 0.05) is 11.0 Å². The number of aliphatic hydroxyl groups is 1. The third-order valence-electron chi connectivity index (χ3n) is 1.98. The number of rotatable bonds is 0. The zero-order chi connectivity index (χ0) is 7.78. The fraction of sp³-hybridized carbons (Fsp3) is 0.500. The second kappa shape index (κ2) is 3.61. The summed E-state index contributed by atoms with van der Waals surface area (Å²) in [5, 5.41) is 10.3. The zero-order valence-electron chi connectivity index (χ0n) is 6.54. The highest BCUT2D eigenvalue weighted by atomic mass is 35.5. The number of hydrogen-bond donors (Lipinski definition) is 1. The number of allylic oxidation sites excluding steroid dienone is 2. The van der Waals surface area contributed by atoms with Crippen molar-refractivity contribution in [3.8, 4) is 0 Å². The Kier molecular flexibility index (Phi) is 3.62. The summed E-state index contributed by atoms with van der Waals surface area (Å²) in [5.74, 6) is 0.0131. The molecule has 11 heavy (non-hydrogen) atoms.